The van der Waals surface area contributed by atoms with Gasteiger partial charge in [0.2, 0.25) is 5.69 Å². The van der Waals surface area contributed by atoms with Crippen LogP contribution in [0.3, 0.4) is 0 Å². The molecule has 2 heterocycles. The van der Waals surface area contributed by atoms with E-state index in [0.29, 0.717) is 5.92 Å². The van der Waals surface area contributed by atoms with E-state index in [1.165, 1.54) is 43.2 Å². The average molecular weight is 381 g/mol. The summed E-state index contributed by atoms with van der Waals surface area (Å²) in [6.45, 7) is 2.13. The standard InChI is InChI=1S/C26H25N2O/c1-17-11-12-20-22-15-21(18-8-4-3-5-9-18)19(16-27)14-24(22)29-26(20)25(17)23-10-6-7-13-28(23)2/h6-7,10-15,18H,3-5,8-9H2,1-2H3/q+1. The van der Waals surface area contributed by atoms with E-state index >= 15 is 0 Å². The number of hydrogen-bond acceptors (Lipinski definition) is 2. The molecule has 0 atom stereocenters. The molecule has 1 saturated carbocycles. The number of furan rings is 1. The van der Waals surface area contributed by atoms with Gasteiger partial charge in [0.1, 0.15) is 18.2 Å². The Balaban J connectivity index is 1.79. The van der Waals surface area contributed by atoms with Crippen LogP contribution >= 0.6 is 0 Å². The third-order valence-corrected chi connectivity index (χ3v) is 6.50. The maximum Gasteiger partial charge on any atom is 0.216 e. The number of aromatic nitrogens is 1. The number of nitrogens with zero attached hydrogens (tertiary/aromatic N) is 2. The maximum atomic E-state index is 9.80. The summed E-state index contributed by atoms with van der Waals surface area (Å²) >= 11 is 0. The fourth-order valence-corrected chi connectivity index (χ4v) is 4.95. The lowest BCUT2D eigenvalue weighted by Crippen LogP contribution is -2.30. The first-order valence-corrected chi connectivity index (χ1v) is 10.5. The molecule has 2 aromatic carbocycles. The number of rotatable bonds is 2. The zero-order chi connectivity index (χ0) is 20.0. The van der Waals surface area contributed by atoms with Crippen LogP contribution in [-0.2, 0) is 7.05 Å². The van der Waals surface area contributed by atoms with Crippen LogP contribution in [0.4, 0.5) is 0 Å². The van der Waals surface area contributed by atoms with Gasteiger partial charge in [0.15, 0.2) is 6.20 Å². The Kier molecular flexibility index (Phi) is 4.36. The van der Waals surface area contributed by atoms with Crippen molar-refractivity contribution >= 4 is 21.9 Å². The van der Waals surface area contributed by atoms with Crippen LogP contribution in [0.2, 0.25) is 0 Å². The van der Waals surface area contributed by atoms with Gasteiger partial charge in [0.05, 0.1) is 17.2 Å². The monoisotopic (exact) mass is 381 g/mol. The molecule has 0 amide bonds. The molecule has 2 aromatic heterocycles. The molecular weight excluding hydrogens is 356 g/mol. The summed E-state index contributed by atoms with van der Waals surface area (Å²) in [4.78, 5) is 0. The van der Waals surface area contributed by atoms with Crippen molar-refractivity contribution in [1.82, 2.24) is 0 Å². The van der Waals surface area contributed by atoms with Crippen molar-refractivity contribution in [2.75, 3.05) is 0 Å². The van der Waals surface area contributed by atoms with Crippen molar-refractivity contribution in [1.29, 1.82) is 5.26 Å². The SMILES string of the molecule is Cc1ccc2c(oc3cc(C#N)c(C4CCCCC4)cc32)c1-c1cccc[n+]1C. The van der Waals surface area contributed by atoms with Crippen LogP contribution in [0.15, 0.2) is 53.1 Å². The maximum absolute atomic E-state index is 9.80. The van der Waals surface area contributed by atoms with E-state index in [1.54, 1.807) is 0 Å². The lowest BCUT2D eigenvalue weighted by molar-refractivity contribution is -0.660. The highest BCUT2D eigenvalue weighted by Gasteiger charge is 2.23. The van der Waals surface area contributed by atoms with E-state index in [9.17, 15) is 5.26 Å². The van der Waals surface area contributed by atoms with Crippen LogP contribution in [0.5, 0.6) is 0 Å². The molecule has 4 aromatic rings. The molecule has 0 aliphatic heterocycles. The summed E-state index contributed by atoms with van der Waals surface area (Å²) in [5, 5.41) is 12.1. The summed E-state index contributed by atoms with van der Waals surface area (Å²) in [7, 11) is 2.06. The van der Waals surface area contributed by atoms with E-state index < -0.39 is 0 Å². The summed E-state index contributed by atoms with van der Waals surface area (Å²) in [6, 6.07) is 17.2. The smallest absolute Gasteiger partial charge is 0.216 e. The molecule has 0 radical (unpaired) electrons. The molecule has 0 bridgehead atoms. The number of hydrogen-bond donors (Lipinski definition) is 0. The van der Waals surface area contributed by atoms with Crippen LogP contribution in [0.1, 0.15) is 54.7 Å². The van der Waals surface area contributed by atoms with Gasteiger partial charge in [-0.25, -0.2) is 4.57 Å². The Bertz CT molecular complexity index is 1270. The van der Waals surface area contributed by atoms with Crippen LogP contribution in [-0.4, -0.2) is 0 Å². The van der Waals surface area contributed by atoms with Gasteiger partial charge in [-0.1, -0.05) is 31.4 Å². The van der Waals surface area contributed by atoms with Gasteiger partial charge in [0, 0.05) is 22.9 Å². The lowest BCUT2D eigenvalue weighted by Gasteiger charge is -2.22. The predicted molar refractivity (Wildman–Crippen MR) is 116 cm³/mol. The molecule has 3 nitrogen and oxygen atoms in total. The minimum absolute atomic E-state index is 0.490. The highest BCUT2D eigenvalue weighted by Crippen LogP contribution is 2.41. The molecule has 0 N–H and O–H groups in total. The van der Waals surface area contributed by atoms with E-state index in [-0.39, 0.29) is 0 Å². The van der Waals surface area contributed by atoms with Gasteiger partial charge in [-0.3, -0.25) is 0 Å². The zero-order valence-electron chi connectivity index (χ0n) is 17.0. The third-order valence-electron chi connectivity index (χ3n) is 6.50. The summed E-state index contributed by atoms with van der Waals surface area (Å²) in [5.41, 5.74) is 7.13. The normalized spacial score (nSPS) is 15.1. The quantitative estimate of drug-likeness (QED) is 0.382. The number of fused-ring (bicyclic) bond motifs is 3. The summed E-state index contributed by atoms with van der Waals surface area (Å²) in [6.07, 6.45) is 8.25. The van der Waals surface area contributed by atoms with Crippen molar-refractivity contribution in [2.45, 2.75) is 44.9 Å². The molecule has 5 rings (SSSR count). The lowest BCUT2D eigenvalue weighted by atomic mass is 9.81. The van der Waals surface area contributed by atoms with Crippen LogP contribution in [0, 0.1) is 18.3 Å². The van der Waals surface area contributed by atoms with E-state index in [4.69, 9.17) is 4.42 Å². The highest BCUT2D eigenvalue weighted by atomic mass is 16.3. The fourth-order valence-electron chi connectivity index (χ4n) is 4.95. The first-order valence-electron chi connectivity index (χ1n) is 10.5. The second-order valence-corrected chi connectivity index (χ2v) is 8.32. The van der Waals surface area contributed by atoms with Crippen molar-refractivity contribution in [3.8, 4) is 17.3 Å². The molecule has 3 heteroatoms. The van der Waals surface area contributed by atoms with Gasteiger partial charge in [-0.2, -0.15) is 5.26 Å². The third kappa shape index (κ3) is 2.91. The molecule has 0 spiro atoms. The van der Waals surface area contributed by atoms with E-state index in [1.807, 2.05) is 12.1 Å². The van der Waals surface area contributed by atoms with Gasteiger partial charge in [-0.05, 0) is 55.0 Å². The van der Waals surface area contributed by atoms with E-state index in [0.717, 1.165) is 38.8 Å². The summed E-state index contributed by atoms with van der Waals surface area (Å²) < 4.78 is 8.52. The Morgan fingerprint density at radius 1 is 1.03 bits per heavy atom. The topological polar surface area (TPSA) is 40.8 Å². The van der Waals surface area contributed by atoms with Gasteiger partial charge >= 0.3 is 0 Å². The van der Waals surface area contributed by atoms with Gasteiger partial charge < -0.3 is 4.42 Å². The number of aryl methyl sites for hydroxylation is 2. The Morgan fingerprint density at radius 2 is 1.86 bits per heavy atom. The van der Waals surface area contributed by atoms with Crippen molar-refractivity contribution in [3.05, 3.63) is 65.4 Å². The fraction of sp³-hybridized carbons (Fsp3) is 0.308. The largest absolute Gasteiger partial charge is 0.455 e. The average Bonchev–Trinajstić information content (AvgIpc) is 3.11. The van der Waals surface area contributed by atoms with Crippen molar-refractivity contribution in [2.24, 2.45) is 7.05 Å². The summed E-state index contributed by atoms with van der Waals surface area (Å²) in [5.74, 6) is 0.490. The minimum atomic E-state index is 0.490. The molecule has 0 saturated heterocycles. The molecular formula is C26H25N2O+. The Hall–Kier alpha value is -3.12. The number of benzene rings is 2. The molecule has 29 heavy (non-hydrogen) atoms. The number of nitriles is 1. The first kappa shape index (κ1) is 17.9. The molecule has 1 fully saturated rings. The van der Waals surface area contributed by atoms with Crippen LogP contribution in [0.25, 0.3) is 33.2 Å². The van der Waals surface area contributed by atoms with Crippen molar-refractivity contribution < 1.29 is 8.98 Å². The van der Waals surface area contributed by atoms with Crippen molar-refractivity contribution in [3.63, 3.8) is 0 Å². The predicted octanol–water partition coefficient (Wildman–Crippen LogP) is 6.31. The molecule has 144 valence electrons. The minimum Gasteiger partial charge on any atom is -0.455 e. The highest BCUT2D eigenvalue weighted by molar-refractivity contribution is 6.10. The molecule has 0 unspecified atom stereocenters. The zero-order valence-corrected chi connectivity index (χ0v) is 17.0. The van der Waals surface area contributed by atoms with E-state index in [2.05, 4.69) is 61.1 Å². The molecule has 1 aliphatic carbocycles. The van der Waals surface area contributed by atoms with Gasteiger partial charge in [0.25, 0.3) is 0 Å². The number of pyridine rings is 1. The second kappa shape index (κ2) is 7.04. The second-order valence-electron chi connectivity index (χ2n) is 8.32. The Morgan fingerprint density at radius 3 is 2.62 bits per heavy atom. The van der Waals surface area contributed by atoms with Gasteiger partial charge in [-0.15, -0.1) is 0 Å². The van der Waals surface area contributed by atoms with Crippen LogP contribution < -0.4 is 4.57 Å². The Labute approximate surface area is 171 Å². The molecule has 1 aliphatic rings. The first-order chi connectivity index (χ1) is 14.2.